The number of nitrogens with zero attached hydrogens (tertiary/aromatic N) is 2. The van der Waals surface area contributed by atoms with Gasteiger partial charge in [-0.05, 0) is 17.7 Å². The van der Waals surface area contributed by atoms with E-state index in [1.807, 2.05) is 4.90 Å². The standard InChI is InChI=1S/C20H28F3N3O3/c1-24-18(25-14-19(27-2)6-9-28-10-7-19)26-8-11-29-17(13-26)15-4-3-5-16(12-15)20(21,22)23/h3-5,12,17H,6-11,13-14H2,1-2H3,(H,24,25). The fraction of sp³-hybridized carbons (Fsp3) is 0.650. The zero-order valence-electron chi connectivity index (χ0n) is 16.8. The zero-order valence-corrected chi connectivity index (χ0v) is 16.8. The summed E-state index contributed by atoms with van der Waals surface area (Å²) in [6.45, 7) is 3.34. The van der Waals surface area contributed by atoms with E-state index in [-0.39, 0.29) is 5.60 Å². The van der Waals surface area contributed by atoms with E-state index in [9.17, 15) is 13.2 Å². The van der Waals surface area contributed by atoms with Crippen molar-refractivity contribution >= 4 is 5.96 Å². The molecule has 2 aliphatic heterocycles. The lowest BCUT2D eigenvalue weighted by atomic mass is 9.94. The lowest BCUT2D eigenvalue weighted by Gasteiger charge is -2.39. The second kappa shape index (κ2) is 9.32. The summed E-state index contributed by atoms with van der Waals surface area (Å²) in [5.74, 6) is 0.688. The SMILES string of the molecule is CN=C(NCC1(OC)CCOCC1)N1CCOC(c2cccc(C(F)(F)F)c2)C1. The van der Waals surface area contributed by atoms with Crippen molar-refractivity contribution in [3.8, 4) is 0 Å². The first kappa shape index (κ1) is 21.9. The maximum atomic E-state index is 13.0. The van der Waals surface area contributed by atoms with Crippen molar-refractivity contribution in [2.45, 2.75) is 30.7 Å². The van der Waals surface area contributed by atoms with Crippen LogP contribution in [-0.4, -0.2) is 70.1 Å². The monoisotopic (exact) mass is 415 g/mol. The summed E-state index contributed by atoms with van der Waals surface area (Å²) in [4.78, 5) is 6.37. The molecule has 0 aliphatic carbocycles. The Labute approximate surface area is 169 Å². The highest BCUT2D eigenvalue weighted by atomic mass is 19.4. The number of guanidine groups is 1. The number of alkyl halides is 3. The molecule has 0 saturated carbocycles. The van der Waals surface area contributed by atoms with E-state index < -0.39 is 17.8 Å². The van der Waals surface area contributed by atoms with Gasteiger partial charge in [0.25, 0.3) is 0 Å². The zero-order chi connectivity index (χ0) is 20.9. The van der Waals surface area contributed by atoms with Gasteiger partial charge in [0.1, 0.15) is 6.10 Å². The molecule has 1 N–H and O–H groups in total. The van der Waals surface area contributed by atoms with Crippen LogP contribution in [0.15, 0.2) is 29.3 Å². The molecule has 0 spiro atoms. The molecule has 162 valence electrons. The van der Waals surface area contributed by atoms with Gasteiger partial charge >= 0.3 is 6.18 Å². The Morgan fingerprint density at radius 3 is 2.72 bits per heavy atom. The van der Waals surface area contributed by atoms with Crippen molar-refractivity contribution in [1.29, 1.82) is 0 Å². The van der Waals surface area contributed by atoms with Crippen LogP contribution in [0.5, 0.6) is 0 Å². The molecule has 6 nitrogen and oxygen atoms in total. The largest absolute Gasteiger partial charge is 0.416 e. The Hall–Kier alpha value is -1.84. The fourth-order valence-corrected chi connectivity index (χ4v) is 3.73. The van der Waals surface area contributed by atoms with E-state index >= 15 is 0 Å². The van der Waals surface area contributed by atoms with E-state index in [0.717, 1.165) is 25.0 Å². The van der Waals surface area contributed by atoms with Crippen molar-refractivity contribution in [3.05, 3.63) is 35.4 Å². The molecule has 1 aromatic rings. The van der Waals surface area contributed by atoms with Crippen molar-refractivity contribution in [3.63, 3.8) is 0 Å². The molecule has 2 heterocycles. The molecular weight excluding hydrogens is 387 g/mol. The third-order valence-electron chi connectivity index (χ3n) is 5.57. The maximum absolute atomic E-state index is 13.0. The molecule has 2 aliphatic rings. The molecule has 2 saturated heterocycles. The number of nitrogens with one attached hydrogen (secondary N) is 1. The first-order valence-electron chi connectivity index (χ1n) is 9.74. The number of hydrogen-bond donors (Lipinski definition) is 1. The number of aliphatic imine (C=N–C) groups is 1. The number of halogens is 3. The quantitative estimate of drug-likeness (QED) is 0.606. The van der Waals surface area contributed by atoms with E-state index in [0.29, 0.717) is 51.0 Å². The Morgan fingerprint density at radius 1 is 1.31 bits per heavy atom. The highest BCUT2D eigenvalue weighted by Gasteiger charge is 2.34. The van der Waals surface area contributed by atoms with Gasteiger partial charge in [0.2, 0.25) is 0 Å². The van der Waals surface area contributed by atoms with Crippen LogP contribution in [0.3, 0.4) is 0 Å². The molecule has 0 radical (unpaired) electrons. The number of hydrogen-bond acceptors (Lipinski definition) is 4. The van der Waals surface area contributed by atoms with Crippen molar-refractivity contribution < 1.29 is 27.4 Å². The first-order valence-corrected chi connectivity index (χ1v) is 9.74. The normalized spacial score (nSPS) is 23.1. The third kappa shape index (κ3) is 5.40. The van der Waals surface area contributed by atoms with Gasteiger partial charge < -0.3 is 24.4 Å². The average molecular weight is 415 g/mol. The van der Waals surface area contributed by atoms with E-state index in [1.54, 1.807) is 20.2 Å². The Morgan fingerprint density at radius 2 is 2.07 bits per heavy atom. The Bertz CT molecular complexity index is 706. The molecule has 2 fully saturated rings. The molecule has 1 aromatic carbocycles. The minimum absolute atomic E-state index is 0.305. The van der Waals surface area contributed by atoms with Crippen LogP contribution in [0.25, 0.3) is 0 Å². The molecular formula is C20H28F3N3O3. The van der Waals surface area contributed by atoms with Crippen molar-refractivity contribution in [1.82, 2.24) is 10.2 Å². The lowest BCUT2D eigenvalue weighted by Crippen LogP contribution is -2.53. The molecule has 0 amide bonds. The Kier molecular flexibility index (Phi) is 7.02. The summed E-state index contributed by atoms with van der Waals surface area (Å²) < 4.78 is 56.1. The topological polar surface area (TPSA) is 55.3 Å². The minimum atomic E-state index is -4.37. The molecule has 9 heteroatoms. The van der Waals surface area contributed by atoms with Gasteiger partial charge in [-0.1, -0.05) is 12.1 Å². The van der Waals surface area contributed by atoms with Crippen LogP contribution in [0.1, 0.15) is 30.1 Å². The van der Waals surface area contributed by atoms with E-state index in [2.05, 4.69) is 10.3 Å². The first-order chi connectivity index (χ1) is 13.9. The van der Waals surface area contributed by atoms with Crippen LogP contribution in [0, 0.1) is 0 Å². The summed E-state index contributed by atoms with van der Waals surface area (Å²) >= 11 is 0. The van der Waals surface area contributed by atoms with Gasteiger partial charge in [0.05, 0.1) is 24.3 Å². The predicted molar refractivity (Wildman–Crippen MR) is 103 cm³/mol. The molecule has 0 bridgehead atoms. The summed E-state index contributed by atoms with van der Waals surface area (Å²) in [7, 11) is 3.40. The molecule has 0 aromatic heterocycles. The second-order valence-corrected chi connectivity index (χ2v) is 7.33. The van der Waals surface area contributed by atoms with Crippen LogP contribution in [-0.2, 0) is 20.4 Å². The number of morpholine rings is 1. The lowest BCUT2D eigenvalue weighted by molar-refractivity contribution is -0.137. The maximum Gasteiger partial charge on any atom is 0.416 e. The number of benzene rings is 1. The van der Waals surface area contributed by atoms with Gasteiger partial charge in [-0.2, -0.15) is 13.2 Å². The summed E-state index contributed by atoms with van der Waals surface area (Å²) in [6, 6.07) is 5.32. The summed E-state index contributed by atoms with van der Waals surface area (Å²) in [6.07, 6.45) is -3.24. The van der Waals surface area contributed by atoms with Crippen molar-refractivity contribution in [2.75, 3.05) is 53.6 Å². The Balaban J connectivity index is 1.66. The van der Waals surface area contributed by atoms with Crippen LogP contribution in [0.2, 0.25) is 0 Å². The van der Waals surface area contributed by atoms with Gasteiger partial charge in [-0.3, -0.25) is 4.99 Å². The molecule has 3 rings (SSSR count). The highest BCUT2D eigenvalue weighted by molar-refractivity contribution is 5.80. The molecule has 29 heavy (non-hydrogen) atoms. The third-order valence-corrected chi connectivity index (χ3v) is 5.57. The number of methoxy groups -OCH3 is 1. The predicted octanol–water partition coefficient (Wildman–Crippen LogP) is 2.85. The number of rotatable bonds is 4. The van der Waals surface area contributed by atoms with Crippen LogP contribution >= 0.6 is 0 Å². The minimum Gasteiger partial charge on any atom is -0.381 e. The van der Waals surface area contributed by atoms with Crippen molar-refractivity contribution in [2.24, 2.45) is 4.99 Å². The highest BCUT2D eigenvalue weighted by Crippen LogP contribution is 2.32. The molecule has 1 unspecified atom stereocenters. The van der Waals surface area contributed by atoms with Gasteiger partial charge in [0.15, 0.2) is 5.96 Å². The smallest absolute Gasteiger partial charge is 0.381 e. The average Bonchev–Trinajstić information content (AvgIpc) is 2.74. The van der Waals surface area contributed by atoms with Crippen LogP contribution < -0.4 is 5.32 Å². The second-order valence-electron chi connectivity index (χ2n) is 7.33. The van der Waals surface area contributed by atoms with Gasteiger partial charge in [-0.15, -0.1) is 0 Å². The van der Waals surface area contributed by atoms with Gasteiger partial charge in [-0.25, -0.2) is 0 Å². The van der Waals surface area contributed by atoms with Gasteiger partial charge in [0, 0.05) is 53.3 Å². The van der Waals surface area contributed by atoms with E-state index in [1.165, 1.54) is 6.07 Å². The summed E-state index contributed by atoms with van der Waals surface area (Å²) in [5.41, 5.74) is -0.460. The fourth-order valence-electron chi connectivity index (χ4n) is 3.73. The molecule has 1 atom stereocenters. The van der Waals surface area contributed by atoms with Crippen LogP contribution in [0.4, 0.5) is 13.2 Å². The number of ether oxygens (including phenoxy) is 3. The summed E-state index contributed by atoms with van der Waals surface area (Å²) in [5, 5.41) is 3.37. The van der Waals surface area contributed by atoms with E-state index in [4.69, 9.17) is 14.2 Å².